The molecule has 0 spiro atoms. The molecule has 1 fully saturated rings. The van der Waals surface area contributed by atoms with Gasteiger partial charge in [-0.05, 0) is 38.1 Å². The van der Waals surface area contributed by atoms with Gasteiger partial charge in [-0.1, -0.05) is 0 Å². The zero-order valence-electron chi connectivity index (χ0n) is 10.6. The van der Waals surface area contributed by atoms with E-state index in [0.717, 1.165) is 31.0 Å². The van der Waals surface area contributed by atoms with Crippen LogP contribution in [-0.2, 0) is 0 Å². The van der Waals surface area contributed by atoms with Crippen LogP contribution in [0.1, 0.15) is 25.0 Å². The minimum Gasteiger partial charge on any atom is -0.369 e. The summed E-state index contributed by atoms with van der Waals surface area (Å²) >= 11 is 0. The molecule has 2 aromatic rings. The molecular weight excluding hydrogens is 228 g/mol. The first-order valence-corrected chi connectivity index (χ1v) is 6.34. The number of hydrogen-bond donors (Lipinski definition) is 2. The maximum absolute atomic E-state index is 5.66. The van der Waals surface area contributed by atoms with Crippen LogP contribution in [0.15, 0.2) is 12.4 Å². The number of fused-ring (bicyclic) bond motifs is 1. The predicted molar refractivity (Wildman–Crippen MR) is 69.3 cm³/mol. The van der Waals surface area contributed by atoms with E-state index in [1.54, 1.807) is 4.52 Å². The van der Waals surface area contributed by atoms with Gasteiger partial charge >= 0.3 is 0 Å². The molecule has 2 aromatic heterocycles. The van der Waals surface area contributed by atoms with E-state index in [2.05, 4.69) is 20.4 Å². The van der Waals surface area contributed by atoms with Gasteiger partial charge in [0, 0.05) is 18.3 Å². The third-order valence-corrected chi connectivity index (χ3v) is 3.66. The summed E-state index contributed by atoms with van der Waals surface area (Å²) in [5.41, 5.74) is 7.00. The molecule has 6 nitrogen and oxygen atoms in total. The van der Waals surface area contributed by atoms with E-state index in [1.807, 2.05) is 13.0 Å². The molecule has 0 amide bonds. The molecule has 18 heavy (non-hydrogen) atoms. The Morgan fingerprint density at radius 1 is 1.50 bits per heavy atom. The molecule has 3 rings (SSSR count). The molecule has 0 saturated heterocycles. The lowest BCUT2D eigenvalue weighted by molar-refractivity contribution is 0.500. The number of nitrogens with zero attached hydrogens (tertiary/aromatic N) is 4. The Bertz CT molecular complexity index is 557. The normalized spacial score (nSPS) is 17.0. The van der Waals surface area contributed by atoms with Crippen molar-refractivity contribution in [2.45, 2.75) is 26.2 Å². The Hall–Kier alpha value is -1.69. The second-order valence-corrected chi connectivity index (χ2v) is 5.15. The van der Waals surface area contributed by atoms with Crippen molar-refractivity contribution in [1.29, 1.82) is 0 Å². The fraction of sp³-hybridized carbons (Fsp3) is 0.583. The molecule has 6 heteroatoms. The van der Waals surface area contributed by atoms with E-state index in [1.165, 1.54) is 19.2 Å². The number of anilines is 1. The topological polar surface area (TPSA) is 81.1 Å². The fourth-order valence-corrected chi connectivity index (χ4v) is 2.33. The summed E-state index contributed by atoms with van der Waals surface area (Å²) in [5, 5.41) is 7.65. The van der Waals surface area contributed by atoms with Crippen LogP contribution in [0.25, 0.3) is 5.78 Å². The zero-order chi connectivity index (χ0) is 12.6. The Morgan fingerprint density at radius 2 is 2.33 bits per heavy atom. The van der Waals surface area contributed by atoms with Crippen LogP contribution in [0.5, 0.6) is 0 Å². The first kappa shape index (κ1) is 11.4. The zero-order valence-corrected chi connectivity index (χ0v) is 10.6. The van der Waals surface area contributed by atoms with Gasteiger partial charge in [-0.2, -0.15) is 14.6 Å². The Balaban J connectivity index is 1.80. The standard InChI is InChI=1S/C12H18N6/c1-9-6-10(18-11(17-9)15-8-16-18)14-7-12(2-3-12)4-5-13/h6,8,14H,2-5,7,13H2,1H3. The molecule has 1 aliphatic rings. The summed E-state index contributed by atoms with van der Waals surface area (Å²) in [6.07, 6.45) is 5.15. The van der Waals surface area contributed by atoms with Crippen molar-refractivity contribution in [1.82, 2.24) is 19.6 Å². The number of nitrogens with two attached hydrogens (primary N) is 1. The molecule has 0 atom stereocenters. The minimum atomic E-state index is 0.402. The number of aryl methyl sites for hydroxylation is 1. The third kappa shape index (κ3) is 2.03. The summed E-state index contributed by atoms with van der Waals surface area (Å²) < 4.78 is 1.74. The van der Waals surface area contributed by atoms with Gasteiger partial charge in [0.25, 0.3) is 5.78 Å². The summed E-state index contributed by atoms with van der Waals surface area (Å²) in [4.78, 5) is 8.44. The fourth-order valence-electron chi connectivity index (χ4n) is 2.33. The molecule has 1 aliphatic carbocycles. The van der Waals surface area contributed by atoms with Gasteiger partial charge in [0.2, 0.25) is 0 Å². The SMILES string of the molecule is Cc1cc(NCC2(CCN)CC2)n2ncnc2n1. The number of rotatable bonds is 5. The van der Waals surface area contributed by atoms with Gasteiger partial charge in [-0.3, -0.25) is 0 Å². The highest BCUT2D eigenvalue weighted by atomic mass is 15.3. The first-order chi connectivity index (χ1) is 8.72. The van der Waals surface area contributed by atoms with Crippen LogP contribution in [0.4, 0.5) is 5.82 Å². The Kier molecular flexibility index (Phi) is 2.66. The second kappa shape index (κ2) is 4.20. The number of aromatic nitrogens is 4. The van der Waals surface area contributed by atoms with Crippen molar-refractivity contribution in [3.63, 3.8) is 0 Å². The Labute approximate surface area is 106 Å². The van der Waals surface area contributed by atoms with E-state index >= 15 is 0 Å². The average molecular weight is 246 g/mol. The van der Waals surface area contributed by atoms with Crippen molar-refractivity contribution < 1.29 is 0 Å². The molecule has 0 bridgehead atoms. The lowest BCUT2D eigenvalue weighted by Crippen LogP contribution is -2.20. The summed E-state index contributed by atoms with van der Waals surface area (Å²) in [6, 6.07) is 2.00. The molecule has 0 unspecified atom stereocenters. The highest BCUT2D eigenvalue weighted by Crippen LogP contribution is 2.48. The minimum absolute atomic E-state index is 0.402. The van der Waals surface area contributed by atoms with Gasteiger partial charge in [0.15, 0.2) is 0 Å². The number of hydrogen-bond acceptors (Lipinski definition) is 5. The van der Waals surface area contributed by atoms with Gasteiger partial charge < -0.3 is 11.1 Å². The van der Waals surface area contributed by atoms with Crippen LogP contribution in [0, 0.1) is 12.3 Å². The van der Waals surface area contributed by atoms with E-state index in [0.29, 0.717) is 11.2 Å². The van der Waals surface area contributed by atoms with Crippen molar-refractivity contribution in [3.05, 3.63) is 18.1 Å². The van der Waals surface area contributed by atoms with Crippen LogP contribution in [-0.4, -0.2) is 32.7 Å². The summed E-state index contributed by atoms with van der Waals surface area (Å²) in [5.74, 6) is 1.60. The van der Waals surface area contributed by atoms with Crippen molar-refractivity contribution >= 4 is 11.6 Å². The average Bonchev–Trinajstić information content (AvgIpc) is 2.94. The molecule has 2 heterocycles. The van der Waals surface area contributed by atoms with E-state index < -0.39 is 0 Å². The quantitative estimate of drug-likeness (QED) is 0.821. The highest BCUT2D eigenvalue weighted by Gasteiger charge is 2.41. The Morgan fingerprint density at radius 3 is 3.06 bits per heavy atom. The molecule has 96 valence electrons. The van der Waals surface area contributed by atoms with Crippen molar-refractivity contribution in [3.8, 4) is 0 Å². The lowest BCUT2D eigenvalue weighted by atomic mass is 10.0. The van der Waals surface area contributed by atoms with E-state index in [-0.39, 0.29) is 0 Å². The molecule has 0 radical (unpaired) electrons. The smallest absolute Gasteiger partial charge is 0.254 e. The van der Waals surface area contributed by atoms with Crippen LogP contribution in [0.3, 0.4) is 0 Å². The molecule has 0 aliphatic heterocycles. The first-order valence-electron chi connectivity index (χ1n) is 6.34. The number of nitrogens with one attached hydrogen (secondary N) is 1. The highest BCUT2D eigenvalue weighted by molar-refractivity contribution is 5.45. The lowest BCUT2D eigenvalue weighted by Gasteiger charge is -2.16. The van der Waals surface area contributed by atoms with Crippen LogP contribution in [0.2, 0.25) is 0 Å². The van der Waals surface area contributed by atoms with Crippen LogP contribution >= 0.6 is 0 Å². The van der Waals surface area contributed by atoms with E-state index in [4.69, 9.17) is 5.73 Å². The van der Waals surface area contributed by atoms with Gasteiger partial charge in [-0.25, -0.2) is 4.98 Å². The summed E-state index contributed by atoms with van der Waals surface area (Å²) in [6.45, 7) is 3.67. The third-order valence-electron chi connectivity index (χ3n) is 3.66. The van der Waals surface area contributed by atoms with Gasteiger partial charge in [0.05, 0.1) is 0 Å². The monoisotopic (exact) mass is 246 g/mol. The maximum Gasteiger partial charge on any atom is 0.254 e. The predicted octanol–water partition coefficient (Wildman–Crippen LogP) is 0.974. The van der Waals surface area contributed by atoms with Crippen molar-refractivity contribution in [2.75, 3.05) is 18.4 Å². The molecular formula is C12H18N6. The largest absolute Gasteiger partial charge is 0.369 e. The van der Waals surface area contributed by atoms with Gasteiger partial charge in [0.1, 0.15) is 12.1 Å². The van der Waals surface area contributed by atoms with Crippen LogP contribution < -0.4 is 11.1 Å². The van der Waals surface area contributed by atoms with E-state index in [9.17, 15) is 0 Å². The van der Waals surface area contributed by atoms with Gasteiger partial charge in [-0.15, -0.1) is 0 Å². The summed E-state index contributed by atoms with van der Waals surface area (Å²) in [7, 11) is 0. The maximum atomic E-state index is 5.66. The second-order valence-electron chi connectivity index (χ2n) is 5.15. The molecule has 0 aromatic carbocycles. The van der Waals surface area contributed by atoms with Crippen molar-refractivity contribution in [2.24, 2.45) is 11.1 Å². The molecule has 1 saturated carbocycles. The molecule has 3 N–H and O–H groups in total.